The van der Waals surface area contributed by atoms with Crippen LogP contribution in [0.2, 0.25) is 0 Å². The van der Waals surface area contributed by atoms with Gasteiger partial charge in [0.1, 0.15) is 0 Å². The van der Waals surface area contributed by atoms with Crippen molar-refractivity contribution >= 4 is 11.7 Å². The molecular formula is C14H19NO2. The topological polar surface area (TPSA) is 33.5 Å². The third-order valence-corrected chi connectivity index (χ3v) is 4.22. The number of anilines is 1. The van der Waals surface area contributed by atoms with Crippen LogP contribution in [-0.2, 0) is 0 Å². The third kappa shape index (κ3) is 1.88. The molecule has 0 radical (unpaired) electrons. The number of fused-ring (bicyclic) bond motifs is 1. The van der Waals surface area contributed by atoms with Crippen LogP contribution in [-0.4, -0.2) is 18.4 Å². The van der Waals surface area contributed by atoms with Gasteiger partial charge in [-0.2, -0.15) is 0 Å². The minimum absolute atomic E-state index is 0.0104. The molecule has 0 amide bonds. The molecule has 1 aliphatic carbocycles. The summed E-state index contributed by atoms with van der Waals surface area (Å²) in [5, 5.41) is 0. The van der Waals surface area contributed by atoms with Crippen molar-refractivity contribution in [2.75, 3.05) is 11.4 Å². The number of carbonyl (C=O) groups excluding carboxylic acids is 1. The summed E-state index contributed by atoms with van der Waals surface area (Å²) in [6.07, 6.45) is 6.59. The lowest BCUT2D eigenvalue weighted by atomic mass is 9.92. The average molecular weight is 233 g/mol. The van der Waals surface area contributed by atoms with Crippen molar-refractivity contribution in [1.82, 2.24) is 0 Å². The number of rotatable bonds is 2. The van der Waals surface area contributed by atoms with E-state index >= 15 is 0 Å². The smallest absolute Gasteiger partial charge is 0.196 e. The van der Waals surface area contributed by atoms with Gasteiger partial charge in [-0.05, 0) is 37.7 Å². The Morgan fingerprint density at radius 1 is 1.29 bits per heavy atom. The van der Waals surface area contributed by atoms with E-state index < -0.39 is 0 Å². The Balaban J connectivity index is 1.84. The fourth-order valence-corrected chi connectivity index (χ4v) is 3.40. The second kappa shape index (κ2) is 4.21. The minimum Gasteiger partial charge on any atom is -0.437 e. The van der Waals surface area contributed by atoms with E-state index in [0.29, 0.717) is 11.8 Å². The quantitative estimate of drug-likeness (QED) is 0.735. The Kier molecular flexibility index (Phi) is 2.69. The van der Waals surface area contributed by atoms with Crippen molar-refractivity contribution < 1.29 is 9.21 Å². The molecule has 17 heavy (non-hydrogen) atoms. The molecule has 1 aliphatic heterocycles. The molecule has 0 bridgehead atoms. The van der Waals surface area contributed by atoms with E-state index in [9.17, 15) is 4.79 Å². The van der Waals surface area contributed by atoms with E-state index in [0.717, 1.165) is 18.3 Å². The summed E-state index contributed by atoms with van der Waals surface area (Å²) in [5.74, 6) is 2.23. The molecule has 2 fully saturated rings. The monoisotopic (exact) mass is 233 g/mol. The number of carbonyl (C=O) groups is 1. The highest BCUT2D eigenvalue weighted by Gasteiger charge is 2.36. The molecule has 1 saturated carbocycles. The number of nitrogens with zero attached hydrogens (tertiary/aromatic N) is 1. The number of ketones is 1. The summed E-state index contributed by atoms with van der Waals surface area (Å²) in [4.78, 5) is 13.6. The fraction of sp³-hybridized carbons (Fsp3) is 0.643. The predicted molar refractivity (Wildman–Crippen MR) is 66.4 cm³/mol. The zero-order chi connectivity index (χ0) is 11.8. The number of hydrogen-bond donors (Lipinski definition) is 0. The van der Waals surface area contributed by atoms with E-state index in [1.807, 2.05) is 6.07 Å². The van der Waals surface area contributed by atoms with Gasteiger partial charge in [0, 0.05) is 25.6 Å². The maximum atomic E-state index is 11.3. The summed E-state index contributed by atoms with van der Waals surface area (Å²) in [6, 6.07) is 4.41. The molecule has 2 aliphatic rings. The van der Waals surface area contributed by atoms with E-state index in [1.165, 1.54) is 32.1 Å². The molecule has 0 spiro atoms. The highest BCUT2D eigenvalue weighted by molar-refractivity contribution is 5.91. The summed E-state index contributed by atoms with van der Waals surface area (Å²) >= 11 is 0. The lowest BCUT2D eigenvalue weighted by Crippen LogP contribution is -2.42. The lowest BCUT2D eigenvalue weighted by molar-refractivity contribution is 0.0987. The molecule has 92 valence electrons. The zero-order valence-corrected chi connectivity index (χ0v) is 10.3. The average Bonchev–Trinajstić information content (AvgIpc) is 2.97. The molecule has 0 N–H and O–H groups in total. The van der Waals surface area contributed by atoms with Crippen LogP contribution < -0.4 is 4.90 Å². The van der Waals surface area contributed by atoms with E-state index in [2.05, 4.69) is 4.90 Å². The van der Waals surface area contributed by atoms with Gasteiger partial charge in [0.2, 0.25) is 0 Å². The van der Waals surface area contributed by atoms with Crippen LogP contribution in [0.4, 0.5) is 5.88 Å². The first kappa shape index (κ1) is 10.9. The number of furan rings is 1. The van der Waals surface area contributed by atoms with Gasteiger partial charge in [-0.25, -0.2) is 0 Å². The van der Waals surface area contributed by atoms with Crippen LogP contribution in [0.25, 0.3) is 0 Å². The molecule has 1 saturated heterocycles. The summed E-state index contributed by atoms with van der Waals surface area (Å²) in [5.41, 5.74) is 0. The van der Waals surface area contributed by atoms with Crippen molar-refractivity contribution in [1.29, 1.82) is 0 Å². The Morgan fingerprint density at radius 3 is 2.88 bits per heavy atom. The second-order valence-corrected chi connectivity index (χ2v) is 5.29. The molecular weight excluding hydrogens is 214 g/mol. The molecule has 1 aromatic rings. The Morgan fingerprint density at radius 2 is 2.12 bits per heavy atom. The van der Waals surface area contributed by atoms with Crippen LogP contribution in [0.1, 0.15) is 49.6 Å². The Hall–Kier alpha value is -1.25. The summed E-state index contributed by atoms with van der Waals surface area (Å²) < 4.78 is 5.67. The van der Waals surface area contributed by atoms with Crippen molar-refractivity contribution in [3.05, 3.63) is 17.9 Å². The van der Waals surface area contributed by atoms with Crippen LogP contribution >= 0.6 is 0 Å². The molecule has 3 heteroatoms. The maximum absolute atomic E-state index is 11.3. The van der Waals surface area contributed by atoms with Crippen molar-refractivity contribution in [3.63, 3.8) is 0 Å². The standard InChI is InChI=1S/C14H19NO2/c1-10(16)13-7-8-14(17-13)15-9-3-5-11-4-2-6-12(11)15/h7-8,11-12H,2-6,9H2,1H3. The second-order valence-electron chi connectivity index (χ2n) is 5.29. The van der Waals surface area contributed by atoms with Crippen LogP contribution in [0.3, 0.4) is 0 Å². The highest BCUT2D eigenvalue weighted by atomic mass is 16.4. The minimum atomic E-state index is 0.0104. The molecule has 3 rings (SSSR count). The van der Waals surface area contributed by atoms with Gasteiger partial charge in [-0.15, -0.1) is 0 Å². The molecule has 3 nitrogen and oxygen atoms in total. The van der Waals surface area contributed by atoms with Crippen molar-refractivity contribution in [3.8, 4) is 0 Å². The van der Waals surface area contributed by atoms with E-state index in [-0.39, 0.29) is 5.78 Å². The zero-order valence-electron chi connectivity index (χ0n) is 10.3. The predicted octanol–water partition coefficient (Wildman–Crippen LogP) is 3.25. The third-order valence-electron chi connectivity index (χ3n) is 4.22. The lowest BCUT2D eigenvalue weighted by Gasteiger charge is -2.37. The van der Waals surface area contributed by atoms with Gasteiger partial charge in [-0.1, -0.05) is 6.42 Å². The van der Waals surface area contributed by atoms with E-state index in [1.54, 1.807) is 13.0 Å². The Labute approximate surface area is 102 Å². The molecule has 0 aromatic carbocycles. The van der Waals surface area contributed by atoms with Crippen molar-refractivity contribution in [2.24, 2.45) is 5.92 Å². The normalized spacial score (nSPS) is 28.2. The summed E-state index contributed by atoms with van der Waals surface area (Å²) in [6.45, 7) is 2.63. The maximum Gasteiger partial charge on any atom is 0.196 e. The first-order valence-corrected chi connectivity index (χ1v) is 6.63. The van der Waals surface area contributed by atoms with Gasteiger partial charge in [-0.3, -0.25) is 4.79 Å². The SMILES string of the molecule is CC(=O)c1ccc(N2CCCC3CCCC32)o1. The highest BCUT2D eigenvalue weighted by Crippen LogP contribution is 2.39. The number of piperidine rings is 1. The van der Waals surface area contributed by atoms with Crippen molar-refractivity contribution in [2.45, 2.75) is 45.1 Å². The van der Waals surface area contributed by atoms with Crippen LogP contribution in [0.15, 0.2) is 16.5 Å². The van der Waals surface area contributed by atoms with Crippen LogP contribution in [0.5, 0.6) is 0 Å². The largest absolute Gasteiger partial charge is 0.437 e. The van der Waals surface area contributed by atoms with Gasteiger partial charge >= 0.3 is 0 Å². The van der Waals surface area contributed by atoms with Gasteiger partial charge < -0.3 is 9.32 Å². The fourth-order valence-electron chi connectivity index (χ4n) is 3.40. The molecule has 2 unspecified atom stereocenters. The van der Waals surface area contributed by atoms with Gasteiger partial charge in [0.05, 0.1) is 0 Å². The number of Topliss-reactive ketones (excluding diaryl/α,β-unsaturated/α-hetero) is 1. The number of hydrogen-bond acceptors (Lipinski definition) is 3. The Bertz CT molecular complexity index is 424. The van der Waals surface area contributed by atoms with Crippen LogP contribution in [0, 0.1) is 5.92 Å². The molecule has 1 aromatic heterocycles. The molecule has 2 atom stereocenters. The summed E-state index contributed by atoms with van der Waals surface area (Å²) in [7, 11) is 0. The first-order valence-electron chi connectivity index (χ1n) is 6.63. The van der Waals surface area contributed by atoms with Gasteiger partial charge in [0.15, 0.2) is 17.4 Å². The first-order chi connectivity index (χ1) is 8.25. The molecule has 2 heterocycles. The van der Waals surface area contributed by atoms with E-state index in [4.69, 9.17) is 4.42 Å². The van der Waals surface area contributed by atoms with Gasteiger partial charge in [0.25, 0.3) is 0 Å².